The summed E-state index contributed by atoms with van der Waals surface area (Å²) in [5.74, 6) is -0.499. The highest BCUT2D eigenvalue weighted by atomic mass is 35.5. The molecule has 4 aliphatic rings. The zero-order valence-corrected chi connectivity index (χ0v) is 23.2. The van der Waals surface area contributed by atoms with Crippen molar-refractivity contribution in [2.75, 3.05) is 24.5 Å². The zero-order valence-electron chi connectivity index (χ0n) is 21.7. The van der Waals surface area contributed by atoms with Crippen molar-refractivity contribution in [2.24, 2.45) is 23.5 Å². The van der Waals surface area contributed by atoms with Gasteiger partial charge in [0, 0.05) is 52.4 Å². The Balaban J connectivity index is 1.36. The molecule has 0 radical (unpaired) electrons. The predicted octanol–water partition coefficient (Wildman–Crippen LogP) is 5.59. The summed E-state index contributed by atoms with van der Waals surface area (Å²) < 4.78 is 43.2. The summed E-state index contributed by atoms with van der Waals surface area (Å²) in [7, 11) is 0. The molecular weight excluding hydrogens is 566 g/mol. The molecule has 0 spiro atoms. The first-order chi connectivity index (χ1) is 18.9. The van der Waals surface area contributed by atoms with Gasteiger partial charge in [0.2, 0.25) is 5.91 Å². The van der Waals surface area contributed by atoms with Crippen LogP contribution in [0.25, 0.3) is 0 Å². The van der Waals surface area contributed by atoms with E-state index in [4.69, 9.17) is 28.9 Å². The molecule has 11 heteroatoms. The fourth-order valence-electron chi connectivity index (χ4n) is 6.25. The van der Waals surface area contributed by atoms with E-state index in [9.17, 15) is 27.9 Å². The monoisotopic (exact) mass is 595 g/mol. The lowest BCUT2D eigenvalue weighted by atomic mass is 9.78. The van der Waals surface area contributed by atoms with Crippen molar-refractivity contribution in [1.29, 1.82) is 0 Å². The van der Waals surface area contributed by atoms with Gasteiger partial charge in [0.05, 0.1) is 11.3 Å². The van der Waals surface area contributed by atoms with Crippen LogP contribution in [-0.2, 0) is 16.6 Å². The molecular formula is C29H30Cl2F3N3O3. The molecule has 3 saturated carbocycles. The number of aliphatic hydroxyl groups is 1. The lowest BCUT2D eigenvalue weighted by molar-refractivity contribution is -0.142. The molecule has 6 rings (SSSR count). The Morgan fingerprint density at radius 1 is 1.05 bits per heavy atom. The fourth-order valence-corrected chi connectivity index (χ4v) is 6.80. The van der Waals surface area contributed by atoms with Crippen molar-refractivity contribution in [3.8, 4) is 0 Å². The summed E-state index contributed by atoms with van der Waals surface area (Å²) in [6, 6.07) is 5.99. The van der Waals surface area contributed by atoms with Crippen LogP contribution in [0.4, 0.5) is 18.9 Å². The number of carbonyl (C=O) groups is 2. The van der Waals surface area contributed by atoms with E-state index in [1.807, 2.05) is 0 Å². The molecule has 6 nitrogen and oxygen atoms in total. The van der Waals surface area contributed by atoms with Gasteiger partial charge in [-0.3, -0.25) is 14.5 Å². The first-order valence-electron chi connectivity index (χ1n) is 13.7. The van der Waals surface area contributed by atoms with E-state index in [-0.39, 0.29) is 33.8 Å². The van der Waals surface area contributed by atoms with E-state index in [1.165, 1.54) is 48.8 Å². The van der Waals surface area contributed by atoms with Gasteiger partial charge in [0.15, 0.2) is 5.60 Å². The molecule has 1 heterocycles. The van der Waals surface area contributed by atoms with Crippen LogP contribution in [0, 0.1) is 17.8 Å². The van der Waals surface area contributed by atoms with E-state index in [2.05, 4.69) is 4.90 Å². The van der Waals surface area contributed by atoms with Crippen LogP contribution in [0.2, 0.25) is 10.0 Å². The average molecular weight is 596 g/mol. The van der Waals surface area contributed by atoms with Gasteiger partial charge < -0.3 is 15.7 Å². The third-order valence-electron chi connectivity index (χ3n) is 8.78. The maximum absolute atomic E-state index is 14.4. The minimum atomic E-state index is -4.99. The molecule has 2 aromatic rings. The van der Waals surface area contributed by atoms with Crippen LogP contribution >= 0.6 is 23.2 Å². The SMILES string of the molecule is NC(=O)c1cc2c(c(C(F)(F)F)c1)C(O)(c1ccc(Cl)cc1Cl)C(=O)N2C[C@H]1C[C@H](N(CC2CC2)CC2CC2)C1. The number of nitrogens with two attached hydrogens (primary N) is 1. The number of rotatable bonds is 9. The first-order valence-corrected chi connectivity index (χ1v) is 14.4. The van der Waals surface area contributed by atoms with Gasteiger partial charge in [-0.2, -0.15) is 13.2 Å². The van der Waals surface area contributed by atoms with Crippen LogP contribution in [0.5, 0.6) is 0 Å². The van der Waals surface area contributed by atoms with E-state index >= 15 is 0 Å². The Labute approximate surface area is 240 Å². The molecule has 1 unspecified atom stereocenters. The zero-order chi connectivity index (χ0) is 28.6. The standard InChI is InChI=1S/C29H30Cl2F3N3O3/c30-19-5-6-21(23(31)11-19)28(40)25-22(29(32,33)34)9-18(26(35)38)10-24(25)37(27(28)39)14-17-7-20(8-17)36(12-15-1-2-15)13-16-3-4-16/h5-6,9-11,15-17,20,40H,1-4,7-8,12-14H2,(H2,35,38)/t17-,20-,28?. The molecule has 1 atom stereocenters. The smallest absolute Gasteiger partial charge is 0.372 e. The lowest BCUT2D eigenvalue weighted by Gasteiger charge is -2.44. The second-order valence-corrected chi connectivity index (χ2v) is 12.7. The van der Waals surface area contributed by atoms with Gasteiger partial charge in [-0.15, -0.1) is 0 Å². The normalized spacial score (nSPS) is 26.3. The number of nitrogens with zero attached hydrogens (tertiary/aromatic N) is 2. The maximum atomic E-state index is 14.4. The number of benzene rings is 2. The number of anilines is 1. The Bertz CT molecular complexity index is 1360. The van der Waals surface area contributed by atoms with Crippen molar-refractivity contribution in [2.45, 2.75) is 56.3 Å². The van der Waals surface area contributed by atoms with Crippen molar-refractivity contribution in [1.82, 2.24) is 4.90 Å². The first kappa shape index (κ1) is 27.8. The summed E-state index contributed by atoms with van der Waals surface area (Å²) in [5, 5.41) is 12.0. The fraction of sp³-hybridized carbons (Fsp3) is 0.517. The van der Waals surface area contributed by atoms with E-state index in [0.717, 1.165) is 43.8 Å². The highest BCUT2D eigenvalue weighted by Crippen LogP contribution is 2.53. The third kappa shape index (κ3) is 4.99. The van der Waals surface area contributed by atoms with Crippen molar-refractivity contribution in [3.63, 3.8) is 0 Å². The maximum Gasteiger partial charge on any atom is 0.416 e. The Kier molecular flexibility index (Phi) is 6.88. The number of halogens is 5. The molecule has 3 fully saturated rings. The highest BCUT2D eigenvalue weighted by molar-refractivity contribution is 6.35. The molecule has 3 aliphatic carbocycles. The number of hydrogen-bond acceptors (Lipinski definition) is 4. The van der Waals surface area contributed by atoms with Gasteiger partial charge >= 0.3 is 6.18 Å². The summed E-state index contributed by atoms with van der Waals surface area (Å²) in [4.78, 5) is 29.7. The number of hydrogen-bond donors (Lipinski definition) is 2. The molecule has 3 N–H and O–H groups in total. The minimum absolute atomic E-state index is 0.0253. The van der Waals surface area contributed by atoms with Crippen molar-refractivity contribution < 1.29 is 27.9 Å². The molecule has 214 valence electrons. The second kappa shape index (κ2) is 9.89. The Morgan fingerprint density at radius 3 is 2.20 bits per heavy atom. The second-order valence-electron chi connectivity index (χ2n) is 11.9. The Hall–Kier alpha value is -2.33. The van der Waals surface area contributed by atoms with E-state index in [0.29, 0.717) is 12.1 Å². The summed E-state index contributed by atoms with van der Waals surface area (Å²) in [6.07, 6.45) is 1.64. The summed E-state index contributed by atoms with van der Waals surface area (Å²) in [6.45, 7) is 2.26. The molecule has 2 amide bonds. The summed E-state index contributed by atoms with van der Waals surface area (Å²) in [5.41, 5.74) is -0.104. The summed E-state index contributed by atoms with van der Waals surface area (Å²) >= 11 is 12.3. The number of fused-ring (bicyclic) bond motifs is 1. The van der Waals surface area contributed by atoms with Gasteiger partial charge in [0.1, 0.15) is 0 Å². The van der Waals surface area contributed by atoms with Gasteiger partial charge in [-0.25, -0.2) is 0 Å². The number of primary amides is 1. The van der Waals surface area contributed by atoms with Crippen LogP contribution in [-0.4, -0.2) is 47.5 Å². The largest absolute Gasteiger partial charge is 0.416 e. The van der Waals surface area contributed by atoms with Gasteiger partial charge in [-0.05, 0) is 80.5 Å². The lowest BCUT2D eigenvalue weighted by Crippen LogP contribution is -2.51. The molecule has 1 aliphatic heterocycles. The minimum Gasteiger partial charge on any atom is -0.372 e. The molecule has 0 aromatic heterocycles. The van der Waals surface area contributed by atoms with Gasteiger partial charge in [0.25, 0.3) is 5.91 Å². The highest BCUT2D eigenvalue weighted by Gasteiger charge is 2.57. The molecule has 0 saturated heterocycles. The quantitative estimate of drug-likeness (QED) is 0.395. The number of alkyl halides is 3. The Morgan fingerprint density at radius 2 is 1.68 bits per heavy atom. The molecule has 0 bridgehead atoms. The number of amides is 2. The topological polar surface area (TPSA) is 86.9 Å². The van der Waals surface area contributed by atoms with Crippen LogP contribution in [0.15, 0.2) is 30.3 Å². The average Bonchev–Trinajstić information content (AvgIpc) is 3.78. The predicted molar refractivity (Wildman–Crippen MR) is 145 cm³/mol. The number of carbonyl (C=O) groups excluding carboxylic acids is 2. The van der Waals surface area contributed by atoms with Crippen LogP contribution in [0.1, 0.15) is 65.6 Å². The van der Waals surface area contributed by atoms with Gasteiger partial charge in [-0.1, -0.05) is 29.3 Å². The third-order valence-corrected chi connectivity index (χ3v) is 9.33. The van der Waals surface area contributed by atoms with Crippen LogP contribution < -0.4 is 10.6 Å². The van der Waals surface area contributed by atoms with Crippen LogP contribution in [0.3, 0.4) is 0 Å². The van der Waals surface area contributed by atoms with E-state index in [1.54, 1.807) is 0 Å². The molecule has 2 aromatic carbocycles. The van der Waals surface area contributed by atoms with Crippen molar-refractivity contribution >= 4 is 40.7 Å². The van der Waals surface area contributed by atoms with E-state index < -0.39 is 40.3 Å². The molecule has 40 heavy (non-hydrogen) atoms. The van der Waals surface area contributed by atoms with Crippen molar-refractivity contribution in [3.05, 3.63) is 62.6 Å².